The lowest BCUT2D eigenvalue weighted by atomic mass is 9.88. The molecule has 3 nitrogen and oxygen atoms in total. The van der Waals surface area contributed by atoms with Crippen LogP contribution in [0.2, 0.25) is 5.02 Å². The molecule has 0 saturated heterocycles. The molecule has 1 N–H and O–H groups in total. The monoisotopic (exact) mass is 253 g/mol. The zero-order chi connectivity index (χ0) is 12.3. The zero-order valence-corrected chi connectivity index (χ0v) is 10.6. The minimum Gasteiger partial charge on any atom is -0.453 e. The Morgan fingerprint density at radius 3 is 2.41 bits per heavy atom. The van der Waals surface area contributed by atoms with Crippen LogP contribution in [0.3, 0.4) is 0 Å². The lowest BCUT2D eigenvalue weighted by Crippen LogP contribution is -2.43. The van der Waals surface area contributed by atoms with Crippen molar-refractivity contribution in [1.29, 1.82) is 0 Å². The summed E-state index contributed by atoms with van der Waals surface area (Å²) in [5.41, 5.74) is 0.822. The fourth-order valence-corrected chi connectivity index (χ4v) is 2.61. The molecule has 1 aliphatic carbocycles. The maximum atomic E-state index is 11.5. The quantitative estimate of drug-likeness (QED) is 0.877. The van der Waals surface area contributed by atoms with Crippen LogP contribution in [0.1, 0.15) is 31.2 Å². The van der Waals surface area contributed by atoms with Crippen molar-refractivity contribution in [1.82, 2.24) is 5.32 Å². The molecule has 0 spiro atoms. The van der Waals surface area contributed by atoms with Crippen molar-refractivity contribution in [2.24, 2.45) is 0 Å². The summed E-state index contributed by atoms with van der Waals surface area (Å²) in [6.45, 7) is 0. The number of hydrogen-bond donors (Lipinski definition) is 1. The molecule has 1 saturated carbocycles. The number of hydrogen-bond acceptors (Lipinski definition) is 2. The molecule has 0 bridgehead atoms. The summed E-state index contributed by atoms with van der Waals surface area (Å²) in [7, 11) is 1.39. The molecule has 4 heteroatoms. The summed E-state index contributed by atoms with van der Waals surface area (Å²) in [6, 6.07) is 7.67. The molecule has 1 aromatic carbocycles. The molecule has 0 atom stereocenters. The van der Waals surface area contributed by atoms with Crippen molar-refractivity contribution in [3.63, 3.8) is 0 Å². The van der Waals surface area contributed by atoms with Crippen LogP contribution in [0.4, 0.5) is 4.79 Å². The van der Waals surface area contributed by atoms with Crippen molar-refractivity contribution in [3.05, 3.63) is 34.9 Å². The van der Waals surface area contributed by atoms with Gasteiger partial charge in [0.05, 0.1) is 12.6 Å². The van der Waals surface area contributed by atoms with E-state index in [2.05, 4.69) is 5.32 Å². The standard InChI is InChI=1S/C13H16ClNO2/c1-17-12(16)15-13(8-2-3-9-13)10-4-6-11(14)7-5-10/h4-7H,2-3,8-9H2,1H3,(H,15,16). The number of carbonyl (C=O) groups excluding carboxylic acids is 1. The Hall–Kier alpha value is -1.22. The maximum Gasteiger partial charge on any atom is 0.407 e. The summed E-state index contributed by atoms with van der Waals surface area (Å²) in [5.74, 6) is 0. The van der Waals surface area contributed by atoms with Gasteiger partial charge in [-0.15, -0.1) is 0 Å². The van der Waals surface area contributed by atoms with Gasteiger partial charge in [0, 0.05) is 5.02 Å². The van der Waals surface area contributed by atoms with Crippen LogP contribution in [0, 0.1) is 0 Å². The molecule has 2 rings (SSSR count). The number of halogens is 1. The van der Waals surface area contributed by atoms with E-state index in [9.17, 15) is 4.79 Å². The molecule has 1 amide bonds. The van der Waals surface area contributed by atoms with Crippen LogP contribution in [-0.4, -0.2) is 13.2 Å². The first-order valence-corrected chi connectivity index (χ1v) is 6.16. The maximum absolute atomic E-state index is 11.5. The SMILES string of the molecule is COC(=O)NC1(c2ccc(Cl)cc2)CCCC1. The third-order valence-electron chi connectivity index (χ3n) is 3.38. The van der Waals surface area contributed by atoms with Crippen LogP contribution in [0.15, 0.2) is 24.3 Å². The minimum atomic E-state index is -0.373. The Kier molecular flexibility index (Phi) is 3.57. The molecular formula is C13H16ClNO2. The minimum absolute atomic E-state index is 0.280. The molecule has 0 heterocycles. The third kappa shape index (κ3) is 2.55. The van der Waals surface area contributed by atoms with Crippen molar-refractivity contribution < 1.29 is 9.53 Å². The van der Waals surface area contributed by atoms with E-state index in [1.165, 1.54) is 7.11 Å². The van der Waals surface area contributed by atoms with Crippen molar-refractivity contribution >= 4 is 17.7 Å². The van der Waals surface area contributed by atoms with E-state index < -0.39 is 0 Å². The van der Waals surface area contributed by atoms with E-state index in [-0.39, 0.29) is 11.6 Å². The van der Waals surface area contributed by atoms with E-state index in [4.69, 9.17) is 16.3 Å². The Labute approximate surface area is 106 Å². The van der Waals surface area contributed by atoms with E-state index in [0.717, 1.165) is 31.2 Å². The van der Waals surface area contributed by atoms with Crippen molar-refractivity contribution in [2.75, 3.05) is 7.11 Å². The second-order valence-electron chi connectivity index (χ2n) is 4.41. The molecule has 1 aliphatic rings. The summed E-state index contributed by atoms with van der Waals surface area (Å²) < 4.78 is 4.71. The van der Waals surface area contributed by atoms with E-state index in [1.54, 1.807) is 0 Å². The van der Waals surface area contributed by atoms with E-state index in [1.807, 2.05) is 24.3 Å². The van der Waals surface area contributed by atoms with Crippen LogP contribution in [-0.2, 0) is 10.3 Å². The Morgan fingerprint density at radius 1 is 1.29 bits per heavy atom. The van der Waals surface area contributed by atoms with E-state index in [0.29, 0.717) is 5.02 Å². The molecule has 1 aromatic rings. The highest BCUT2D eigenvalue weighted by Crippen LogP contribution is 2.39. The molecule has 17 heavy (non-hydrogen) atoms. The molecule has 0 radical (unpaired) electrons. The van der Waals surface area contributed by atoms with Gasteiger partial charge in [0.2, 0.25) is 0 Å². The predicted octanol–water partition coefficient (Wildman–Crippen LogP) is 3.47. The second-order valence-corrected chi connectivity index (χ2v) is 4.85. The first-order valence-electron chi connectivity index (χ1n) is 5.78. The number of carbonyl (C=O) groups is 1. The van der Waals surface area contributed by atoms with Gasteiger partial charge in [-0.3, -0.25) is 0 Å². The number of methoxy groups -OCH3 is 1. The molecule has 1 fully saturated rings. The van der Waals surface area contributed by atoms with Crippen LogP contribution >= 0.6 is 11.6 Å². The van der Waals surface area contributed by atoms with Crippen molar-refractivity contribution in [2.45, 2.75) is 31.2 Å². The molecule has 0 aromatic heterocycles. The van der Waals surface area contributed by atoms with Crippen LogP contribution in [0.25, 0.3) is 0 Å². The Bertz CT molecular complexity index is 396. The highest BCUT2D eigenvalue weighted by molar-refractivity contribution is 6.30. The van der Waals surface area contributed by atoms with Gasteiger partial charge in [-0.1, -0.05) is 36.6 Å². The molecule has 0 unspecified atom stereocenters. The number of alkyl carbamates (subject to hydrolysis) is 1. The fourth-order valence-electron chi connectivity index (χ4n) is 2.48. The Balaban J connectivity index is 2.27. The van der Waals surface area contributed by atoms with Gasteiger partial charge < -0.3 is 10.1 Å². The lowest BCUT2D eigenvalue weighted by molar-refractivity contribution is 0.155. The highest BCUT2D eigenvalue weighted by Gasteiger charge is 2.37. The number of rotatable bonds is 2. The summed E-state index contributed by atoms with van der Waals surface area (Å²) >= 11 is 5.88. The normalized spacial score (nSPS) is 17.8. The summed E-state index contributed by atoms with van der Waals surface area (Å²) in [6.07, 6.45) is 3.76. The van der Waals surface area contributed by atoms with Gasteiger partial charge in [0.25, 0.3) is 0 Å². The van der Waals surface area contributed by atoms with E-state index >= 15 is 0 Å². The van der Waals surface area contributed by atoms with Crippen LogP contribution in [0.5, 0.6) is 0 Å². The lowest BCUT2D eigenvalue weighted by Gasteiger charge is -2.30. The number of amides is 1. The first kappa shape index (κ1) is 12.2. The van der Waals surface area contributed by atoms with Gasteiger partial charge in [-0.25, -0.2) is 4.79 Å². The number of benzene rings is 1. The highest BCUT2D eigenvalue weighted by atomic mass is 35.5. The molecule has 0 aliphatic heterocycles. The second kappa shape index (κ2) is 4.96. The molecular weight excluding hydrogens is 238 g/mol. The van der Waals surface area contributed by atoms with Gasteiger partial charge >= 0.3 is 6.09 Å². The smallest absolute Gasteiger partial charge is 0.407 e. The summed E-state index contributed by atoms with van der Waals surface area (Å²) in [4.78, 5) is 11.5. The van der Waals surface area contributed by atoms with Gasteiger partial charge in [0.1, 0.15) is 0 Å². The Morgan fingerprint density at radius 2 is 1.88 bits per heavy atom. The van der Waals surface area contributed by atoms with Gasteiger partial charge in [-0.2, -0.15) is 0 Å². The third-order valence-corrected chi connectivity index (χ3v) is 3.63. The first-order chi connectivity index (χ1) is 8.16. The predicted molar refractivity (Wildman–Crippen MR) is 67.1 cm³/mol. The van der Waals surface area contributed by atoms with Crippen LogP contribution < -0.4 is 5.32 Å². The largest absolute Gasteiger partial charge is 0.453 e. The zero-order valence-electron chi connectivity index (χ0n) is 9.83. The van der Waals surface area contributed by atoms with Gasteiger partial charge in [0.15, 0.2) is 0 Å². The topological polar surface area (TPSA) is 38.3 Å². The number of ether oxygens (including phenoxy) is 1. The van der Waals surface area contributed by atoms with Gasteiger partial charge in [-0.05, 0) is 30.5 Å². The fraction of sp³-hybridized carbons (Fsp3) is 0.462. The van der Waals surface area contributed by atoms with Crippen molar-refractivity contribution in [3.8, 4) is 0 Å². The number of nitrogens with one attached hydrogen (secondary N) is 1. The average Bonchev–Trinajstić information content (AvgIpc) is 2.79. The summed E-state index contributed by atoms with van der Waals surface area (Å²) in [5, 5.41) is 3.68. The molecule has 92 valence electrons. The average molecular weight is 254 g/mol.